The second-order valence-electron chi connectivity index (χ2n) is 4.86. The minimum Gasteiger partial charge on any atom is -0.337 e. The molecule has 0 saturated heterocycles. The first-order chi connectivity index (χ1) is 8.72. The molecule has 3 heteroatoms. The lowest BCUT2D eigenvalue weighted by atomic mass is 10.1. The van der Waals surface area contributed by atoms with E-state index in [0.717, 1.165) is 12.1 Å². The molecule has 0 unspecified atom stereocenters. The van der Waals surface area contributed by atoms with Gasteiger partial charge in [0.2, 0.25) is 5.91 Å². The molecule has 0 bridgehead atoms. The third-order valence-electron chi connectivity index (χ3n) is 3.26. The van der Waals surface area contributed by atoms with E-state index in [1.807, 2.05) is 35.2 Å². The second-order valence-corrected chi connectivity index (χ2v) is 4.86. The molecule has 3 nitrogen and oxygen atoms in total. The van der Waals surface area contributed by atoms with Crippen LogP contribution in [0.3, 0.4) is 0 Å². The molecule has 1 aliphatic carbocycles. The van der Waals surface area contributed by atoms with Crippen molar-refractivity contribution >= 4 is 5.91 Å². The Hall–Kier alpha value is -1.61. The number of rotatable bonds is 6. The van der Waals surface area contributed by atoms with E-state index in [-0.39, 0.29) is 5.91 Å². The van der Waals surface area contributed by atoms with E-state index in [0.29, 0.717) is 12.5 Å². The Morgan fingerprint density at radius 2 is 2.11 bits per heavy atom. The van der Waals surface area contributed by atoms with Crippen molar-refractivity contribution in [3.05, 3.63) is 48.6 Å². The van der Waals surface area contributed by atoms with E-state index in [1.165, 1.54) is 12.8 Å². The van der Waals surface area contributed by atoms with Gasteiger partial charge in [0, 0.05) is 13.1 Å². The Morgan fingerprint density at radius 1 is 1.44 bits per heavy atom. The Balaban J connectivity index is 2.04. The summed E-state index contributed by atoms with van der Waals surface area (Å²) in [5, 5.41) is 0. The summed E-state index contributed by atoms with van der Waals surface area (Å²) in [6.07, 6.45) is 4.21. The van der Waals surface area contributed by atoms with Crippen LogP contribution in [0.4, 0.5) is 0 Å². The molecule has 0 radical (unpaired) electrons. The van der Waals surface area contributed by atoms with E-state index < -0.39 is 6.04 Å². The van der Waals surface area contributed by atoms with Crippen molar-refractivity contribution in [3.63, 3.8) is 0 Å². The van der Waals surface area contributed by atoms with Crippen LogP contribution in [0.25, 0.3) is 0 Å². The van der Waals surface area contributed by atoms with Crippen LogP contribution in [0.2, 0.25) is 0 Å². The number of nitrogens with zero attached hydrogens (tertiary/aromatic N) is 1. The summed E-state index contributed by atoms with van der Waals surface area (Å²) in [7, 11) is 0. The van der Waals surface area contributed by atoms with Crippen molar-refractivity contribution in [2.45, 2.75) is 18.9 Å². The zero-order chi connectivity index (χ0) is 13.0. The van der Waals surface area contributed by atoms with Crippen molar-refractivity contribution in [2.75, 3.05) is 13.1 Å². The molecule has 96 valence electrons. The standard InChI is InChI=1S/C15H20N2O/c1-2-10-17(11-12-8-9-12)15(18)14(16)13-6-4-3-5-7-13/h2-7,12,14H,1,8-11,16H2/t14-/m0/s1. The molecular weight excluding hydrogens is 224 g/mol. The highest BCUT2D eigenvalue weighted by atomic mass is 16.2. The normalized spacial score (nSPS) is 16.1. The monoisotopic (exact) mass is 244 g/mol. The van der Waals surface area contributed by atoms with Gasteiger partial charge in [-0.05, 0) is 24.3 Å². The largest absolute Gasteiger partial charge is 0.337 e. The first-order valence-electron chi connectivity index (χ1n) is 6.42. The number of nitrogens with two attached hydrogens (primary N) is 1. The maximum Gasteiger partial charge on any atom is 0.244 e. The average molecular weight is 244 g/mol. The smallest absolute Gasteiger partial charge is 0.244 e. The Labute approximate surface area is 108 Å². The van der Waals surface area contributed by atoms with E-state index in [2.05, 4.69) is 6.58 Å². The molecule has 0 aliphatic heterocycles. The molecule has 1 atom stereocenters. The van der Waals surface area contributed by atoms with Crippen LogP contribution < -0.4 is 5.73 Å². The first-order valence-corrected chi connectivity index (χ1v) is 6.42. The minimum absolute atomic E-state index is 0.00648. The summed E-state index contributed by atoms with van der Waals surface area (Å²) in [6.45, 7) is 5.10. The summed E-state index contributed by atoms with van der Waals surface area (Å²) < 4.78 is 0. The lowest BCUT2D eigenvalue weighted by Crippen LogP contribution is -2.39. The fourth-order valence-electron chi connectivity index (χ4n) is 2.02. The summed E-state index contributed by atoms with van der Waals surface area (Å²) >= 11 is 0. The van der Waals surface area contributed by atoms with E-state index >= 15 is 0 Å². The van der Waals surface area contributed by atoms with Crippen LogP contribution in [0.1, 0.15) is 24.4 Å². The van der Waals surface area contributed by atoms with E-state index in [4.69, 9.17) is 5.73 Å². The van der Waals surface area contributed by atoms with Gasteiger partial charge in [-0.3, -0.25) is 4.79 Å². The van der Waals surface area contributed by atoms with Gasteiger partial charge in [-0.15, -0.1) is 6.58 Å². The predicted molar refractivity (Wildman–Crippen MR) is 72.9 cm³/mol. The molecule has 0 spiro atoms. The molecule has 1 aromatic carbocycles. The zero-order valence-corrected chi connectivity index (χ0v) is 10.6. The van der Waals surface area contributed by atoms with Crippen molar-refractivity contribution in [1.82, 2.24) is 4.90 Å². The van der Waals surface area contributed by atoms with Crippen molar-refractivity contribution in [3.8, 4) is 0 Å². The van der Waals surface area contributed by atoms with Gasteiger partial charge in [0.1, 0.15) is 6.04 Å². The maximum absolute atomic E-state index is 12.4. The summed E-state index contributed by atoms with van der Waals surface area (Å²) in [5.41, 5.74) is 6.91. The van der Waals surface area contributed by atoms with Gasteiger partial charge in [-0.2, -0.15) is 0 Å². The molecular formula is C15H20N2O. The van der Waals surface area contributed by atoms with Crippen LogP contribution in [-0.4, -0.2) is 23.9 Å². The highest BCUT2D eigenvalue weighted by Crippen LogP contribution is 2.30. The van der Waals surface area contributed by atoms with Crippen LogP contribution in [-0.2, 0) is 4.79 Å². The number of hydrogen-bond donors (Lipinski definition) is 1. The van der Waals surface area contributed by atoms with Crippen LogP contribution in [0, 0.1) is 5.92 Å². The highest BCUT2D eigenvalue weighted by Gasteiger charge is 2.28. The van der Waals surface area contributed by atoms with Crippen molar-refractivity contribution < 1.29 is 4.79 Å². The van der Waals surface area contributed by atoms with E-state index in [9.17, 15) is 4.79 Å². The SMILES string of the molecule is C=CCN(CC1CC1)C(=O)[C@@H](N)c1ccccc1. The zero-order valence-electron chi connectivity index (χ0n) is 10.6. The third kappa shape index (κ3) is 3.20. The quantitative estimate of drug-likeness (QED) is 0.779. The van der Waals surface area contributed by atoms with Gasteiger partial charge in [0.05, 0.1) is 0 Å². The lowest BCUT2D eigenvalue weighted by Gasteiger charge is -2.24. The van der Waals surface area contributed by atoms with Gasteiger partial charge in [0.15, 0.2) is 0 Å². The Kier molecular flexibility index (Phi) is 4.15. The highest BCUT2D eigenvalue weighted by molar-refractivity contribution is 5.83. The molecule has 2 rings (SSSR count). The third-order valence-corrected chi connectivity index (χ3v) is 3.26. The van der Waals surface area contributed by atoms with Crippen LogP contribution in [0.5, 0.6) is 0 Å². The first kappa shape index (κ1) is 12.8. The number of hydrogen-bond acceptors (Lipinski definition) is 2. The Bertz CT molecular complexity index is 412. The number of amides is 1. The molecule has 0 aromatic heterocycles. The fraction of sp³-hybridized carbons (Fsp3) is 0.400. The number of benzene rings is 1. The molecule has 1 fully saturated rings. The molecule has 1 saturated carbocycles. The molecule has 1 aliphatic rings. The van der Waals surface area contributed by atoms with Crippen molar-refractivity contribution in [2.24, 2.45) is 11.7 Å². The maximum atomic E-state index is 12.4. The number of carbonyl (C=O) groups is 1. The Morgan fingerprint density at radius 3 is 2.67 bits per heavy atom. The number of carbonyl (C=O) groups excluding carboxylic acids is 1. The second kappa shape index (κ2) is 5.83. The topological polar surface area (TPSA) is 46.3 Å². The minimum atomic E-state index is -0.565. The summed E-state index contributed by atoms with van der Waals surface area (Å²) in [6, 6.07) is 8.96. The van der Waals surface area contributed by atoms with Crippen molar-refractivity contribution in [1.29, 1.82) is 0 Å². The predicted octanol–water partition coefficient (Wildman–Crippen LogP) is 2.11. The summed E-state index contributed by atoms with van der Waals surface area (Å²) in [5.74, 6) is 0.657. The van der Waals surface area contributed by atoms with Gasteiger partial charge in [0.25, 0.3) is 0 Å². The lowest BCUT2D eigenvalue weighted by molar-refractivity contribution is -0.132. The fourth-order valence-corrected chi connectivity index (χ4v) is 2.02. The van der Waals surface area contributed by atoms with Gasteiger partial charge in [-0.25, -0.2) is 0 Å². The average Bonchev–Trinajstić information content (AvgIpc) is 3.21. The molecule has 1 amide bonds. The van der Waals surface area contributed by atoms with Crippen LogP contribution in [0.15, 0.2) is 43.0 Å². The van der Waals surface area contributed by atoms with Gasteiger partial charge < -0.3 is 10.6 Å². The van der Waals surface area contributed by atoms with Crippen LogP contribution >= 0.6 is 0 Å². The van der Waals surface area contributed by atoms with E-state index in [1.54, 1.807) is 6.08 Å². The molecule has 0 heterocycles. The molecule has 18 heavy (non-hydrogen) atoms. The molecule has 1 aromatic rings. The van der Waals surface area contributed by atoms with Gasteiger partial charge in [-0.1, -0.05) is 36.4 Å². The van der Waals surface area contributed by atoms with Gasteiger partial charge >= 0.3 is 0 Å². The summed E-state index contributed by atoms with van der Waals surface area (Å²) in [4.78, 5) is 14.2. The molecule has 2 N–H and O–H groups in total.